The molecule has 0 bridgehead atoms. The van der Waals surface area contributed by atoms with Gasteiger partial charge in [0.05, 0.1) is 35.5 Å². The minimum Gasteiger partial charge on any atom is -0.467 e. The van der Waals surface area contributed by atoms with E-state index in [2.05, 4.69) is 16.8 Å². The van der Waals surface area contributed by atoms with Crippen LogP contribution >= 0.6 is 11.8 Å². The lowest BCUT2D eigenvalue weighted by atomic mass is 9.95. The number of aryl methyl sites for hydroxylation is 1. The molecule has 0 unspecified atom stereocenters. The van der Waals surface area contributed by atoms with Crippen molar-refractivity contribution in [3.05, 3.63) is 65.4 Å². The number of furan rings is 1. The molecule has 2 heterocycles. The van der Waals surface area contributed by atoms with Crippen molar-refractivity contribution in [1.82, 2.24) is 14.9 Å². The van der Waals surface area contributed by atoms with Crippen molar-refractivity contribution in [2.75, 3.05) is 17.7 Å². The summed E-state index contributed by atoms with van der Waals surface area (Å²) in [7, 11) is 1.71. The number of amides is 2. The van der Waals surface area contributed by atoms with Gasteiger partial charge in [0.25, 0.3) is 5.91 Å². The van der Waals surface area contributed by atoms with Crippen molar-refractivity contribution in [2.24, 2.45) is 0 Å². The van der Waals surface area contributed by atoms with Crippen LogP contribution in [0.5, 0.6) is 0 Å². The topological polar surface area (TPSA) is 80.4 Å². The molecule has 0 aliphatic heterocycles. The number of carbonyl (C=O) groups excluding carboxylic acids is 2. The second-order valence-electron chi connectivity index (χ2n) is 8.75. The number of imidazole rings is 1. The first-order valence-corrected chi connectivity index (χ1v) is 12.8. The molecule has 180 valence electrons. The molecule has 1 aromatic carbocycles. The standard InChI is InChI=1S/C26H32N4O3S/c1-18-19(2)30(20-10-5-4-6-11-20)26(28-18)34-17-24(31)29(3)23-14-8-7-13-22(23)25(32)27-16-21-12-9-15-33-21/h7-9,12-15,20H,4-6,10-11,16-17H2,1-3H3,(H,27,32). The number of thioether (sulfide) groups is 1. The Labute approximate surface area is 204 Å². The third kappa shape index (κ3) is 5.38. The number of benzene rings is 1. The lowest BCUT2D eigenvalue weighted by molar-refractivity contribution is -0.115. The molecular weight excluding hydrogens is 448 g/mol. The van der Waals surface area contributed by atoms with E-state index in [0.717, 1.165) is 10.9 Å². The monoisotopic (exact) mass is 480 g/mol. The second kappa shape index (κ2) is 11.0. The molecule has 1 aliphatic rings. The number of aromatic nitrogens is 2. The highest BCUT2D eigenvalue weighted by Crippen LogP contribution is 2.34. The van der Waals surface area contributed by atoms with Crippen molar-refractivity contribution in [3.8, 4) is 0 Å². The van der Waals surface area contributed by atoms with Gasteiger partial charge < -0.3 is 19.2 Å². The Bertz CT molecular complexity index is 1130. The normalized spacial score (nSPS) is 14.2. The number of rotatable bonds is 8. The van der Waals surface area contributed by atoms with E-state index in [1.54, 1.807) is 48.5 Å². The Balaban J connectivity index is 1.44. The van der Waals surface area contributed by atoms with Crippen LogP contribution in [0.15, 0.2) is 52.2 Å². The minimum absolute atomic E-state index is 0.0789. The van der Waals surface area contributed by atoms with Crippen LogP contribution in [0.4, 0.5) is 5.69 Å². The minimum atomic E-state index is -0.251. The summed E-state index contributed by atoms with van der Waals surface area (Å²) in [5.41, 5.74) is 3.24. The van der Waals surface area contributed by atoms with Crippen LogP contribution in [0.1, 0.15) is 65.7 Å². The molecule has 1 saturated carbocycles. The van der Waals surface area contributed by atoms with Crippen molar-refractivity contribution < 1.29 is 14.0 Å². The third-order valence-electron chi connectivity index (χ3n) is 6.51. The molecule has 1 fully saturated rings. The van der Waals surface area contributed by atoms with E-state index in [1.807, 2.05) is 13.0 Å². The van der Waals surface area contributed by atoms with Crippen LogP contribution < -0.4 is 10.2 Å². The maximum atomic E-state index is 13.1. The van der Waals surface area contributed by atoms with Gasteiger partial charge in [-0.25, -0.2) is 4.98 Å². The SMILES string of the molecule is Cc1nc(SCC(=O)N(C)c2ccccc2C(=O)NCc2ccco2)n(C2CCCCC2)c1C. The van der Waals surface area contributed by atoms with E-state index in [-0.39, 0.29) is 24.1 Å². The Hall–Kier alpha value is -3.00. The van der Waals surface area contributed by atoms with Gasteiger partial charge in [0.1, 0.15) is 5.76 Å². The van der Waals surface area contributed by atoms with Gasteiger partial charge >= 0.3 is 0 Å². The summed E-state index contributed by atoms with van der Waals surface area (Å²) in [4.78, 5) is 32.3. The Kier molecular flexibility index (Phi) is 7.77. The molecule has 7 nitrogen and oxygen atoms in total. The third-order valence-corrected chi connectivity index (χ3v) is 7.44. The first kappa shape index (κ1) is 24.1. The highest BCUT2D eigenvalue weighted by atomic mass is 32.2. The van der Waals surface area contributed by atoms with E-state index in [0.29, 0.717) is 23.1 Å². The largest absolute Gasteiger partial charge is 0.467 e. The lowest BCUT2D eigenvalue weighted by Crippen LogP contribution is -2.31. The number of hydrogen-bond acceptors (Lipinski definition) is 5. The van der Waals surface area contributed by atoms with Gasteiger partial charge in [-0.2, -0.15) is 0 Å². The smallest absolute Gasteiger partial charge is 0.253 e. The predicted molar refractivity (Wildman–Crippen MR) is 134 cm³/mol. The molecule has 0 saturated heterocycles. The highest BCUT2D eigenvalue weighted by molar-refractivity contribution is 7.99. The summed E-state index contributed by atoms with van der Waals surface area (Å²) in [5.74, 6) is 0.593. The fourth-order valence-electron chi connectivity index (χ4n) is 4.46. The summed E-state index contributed by atoms with van der Waals surface area (Å²) in [6, 6.07) is 11.2. The number of nitrogens with one attached hydrogen (secondary N) is 1. The zero-order valence-corrected chi connectivity index (χ0v) is 20.9. The molecule has 3 aromatic rings. The summed E-state index contributed by atoms with van der Waals surface area (Å²) >= 11 is 1.48. The first-order chi connectivity index (χ1) is 16.5. The van der Waals surface area contributed by atoms with Gasteiger partial charge in [0.2, 0.25) is 5.91 Å². The van der Waals surface area contributed by atoms with Gasteiger partial charge in [-0.1, -0.05) is 43.2 Å². The van der Waals surface area contributed by atoms with Gasteiger partial charge in [0, 0.05) is 18.8 Å². The molecule has 0 atom stereocenters. The number of para-hydroxylation sites is 1. The van der Waals surface area contributed by atoms with Gasteiger partial charge in [-0.3, -0.25) is 9.59 Å². The lowest BCUT2D eigenvalue weighted by Gasteiger charge is -2.26. The zero-order chi connectivity index (χ0) is 24.1. The van der Waals surface area contributed by atoms with E-state index < -0.39 is 0 Å². The molecular formula is C26H32N4O3S. The summed E-state index contributed by atoms with van der Waals surface area (Å²) in [6.07, 6.45) is 7.68. The van der Waals surface area contributed by atoms with Crippen molar-refractivity contribution in [3.63, 3.8) is 0 Å². The van der Waals surface area contributed by atoms with E-state index in [1.165, 1.54) is 49.6 Å². The second-order valence-corrected chi connectivity index (χ2v) is 9.69. The molecule has 1 N–H and O–H groups in total. The summed E-state index contributed by atoms with van der Waals surface area (Å²) in [6.45, 7) is 4.44. The number of hydrogen-bond donors (Lipinski definition) is 1. The van der Waals surface area contributed by atoms with Crippen molar-refractivity contribution in [2.45, 2.75) is 63.7 Å². The van der Waals surface area contributed by atoms with Crippen molar-refractivity contribution >= 4 is 29.3 Å². The highest BCUT2D eigenvalue weighted by Gasteiger charge is 2.24. The number of carbonyl (C=O) groups is 2. The molecule has 1 aliphatic carbocycles. The van der Waals surface area contributed by atoms with E-state index in [4.69, 9.17) is 9.40 Å². The zero-order valence-electron chi connectivity index (χ0n) is 20.0. The molecule has 0 radical (unpaired) electrons. The fraction of sp³-hybridized carbons (Fsp3) is 0.423. The average Bonchev–Trinajstić information content (AvgIpc) is 3.48. The predicted octanol–water partition coefficient (Wildman–Crippen LogP) is 5.28. The van der Waals surface area contributed by atoms with Crippen LogP contribution in [0.2, 0.25) is 0 Å². The number of nitrogens with zero attached hydrogens (tertiary/aromatic N) is 3. The van der Waals surface area contributed by atoms with Gasteiger partial charge in [0.15, 0.2) is 5.16 Å². The molecule has 4 rings (SSSR count). The Morgan fingerprint density at radius 1 is 1.15 bits per heavy atom. The molecule has 0 spiro atoms. The van der Waals surface area contributed by atoms with Crippen LogP contribution in [0, 0.1) is 13.8 Å². The fourth-order valence-corrected chi connectivity index (χ4v) is 5.53. The molecule has 2 aromatic heterocycles. The maximum absolute atomic E-state index is 13.1. The summed E-state index contributed by atoms with van der Waals surface area (Å²) in [5, 5.41) is 3.77. The Morgan fingerprint density at radius 3 is 2.65 bits per heavy atom. The van der Waals surface area contributed by atoms with Crippen LogP contribution in [-0.2, 0) is 11.3 Å². The molecule has 8 heteroatoms. The Morgan fingerprint density at radius 2 is 1.91 bits per heavy atom. The quantitative estimate of drug-likeness (QED) is 0.444. The van der Waals surface area contributed by atoms with Crippen LogP contribution in [-0.4, -0.2) is 34.2 Å². The summed E-state index contributed by atoms with van der Waals surface area (Å²) < 4.78 is 7.62. The van der Waals surface area contributed by atoms with Crippen LogP contribution in [0.25, 0.3) is 0 Å². The van der Waals surface area contributed by atoms with Crippen LogP contribution in [0.3, 0.4) is 0 Å². The van der Waals surface area contributed by atoms with Crippen molar-refractivity contribution in [1.29, 1.82) is 0 Å². The van der Waals surface area contributed by atoms with E-state index in [9.17, 15) is 9.59 Å². The van der Waals surface area contributed by atoms with E-state index >= 15 is 0 Å². The number of anilines is 1. The molecule has 2 amide bonds. The molecule has 34 heavy (non-hydrogen) atoms. The van der Waals surface area contributed by atoms with Gasteiger partial charge in [-0.05, 0) is 51.0 Å². The average molecular weight is 481 g/mol. The maximum Gasteiger partial charge on any atom is 0.253 e. The van der Waals surface area contributed by atoms with Gasteiger partial charge in [-0.15, -0.1) is 0 Å². The first-order valence-electron chi connectivity index (χ1n) is 11.8.